The van der Waals surface area contributed by atoms with Crippen molar-refractivity contribution >= 4 is 15.9 Å². The van der Waals surface area contributed by atoms with Crippen molar-refractivity contribution in [2.75, 3.05) is 26.5 Å². The van der Waals surface area contributed by atoms with Gasteiger partial charge in [-0.05, 0) is 12.8 Å². The molecule has 0 bridgehead atoms. The molecule has 0 aliphatic heterocycles. The quantitative estimate of drug-likeness (QED) is 0.547. The first kappa shape index (κ1) is 15.4. The minimum Gasteiger partial charge on any atom is -0.396 e. The van der Waals surface area contributed by atoms with Crippen LogP contribution in [0.5, 0.6) is 0 Å². The second-order valence-corrected chi connectivity index (χ2v) is 6.85. The van der Waals surface area contributed by atoms with E-state index in [1.165, 1.54) is 7.05 Å². The molecule has 1 saturated carbocycles. The van der Waals surface area contributed by atoms with Crippen LogP contribution >= 0.6 is 0 Å². The molecular weight excluding hydrogens is 260 g/mol. The molecule has 1 aliphatic carbocycles. The summed E-state index contributed by atoms with van der Waals surface area (Å²) in [7, 11) is -2.05. The monoisotopic (exact) mass is 280 g/mol. The van der Waals surface area contributed by atoms with E-state index in [1.54, 1.807) is 0 Å². The van der Waals surface area contributed by atoms with Gasteiger partial charge in [0.2, 0.25) is 15.9 Å². The maximum Gasteiger partial charge on any atom is 0.235 e. The number of nitrogens with zero attached hydrogens (tertiary/aromatic N) is 1. The molecule has 1 fully saturated rings. The van der Waals surface area contributed by atoms with Crippen LogP contribution < -0.4 is 5.32 Å². The van der Waals surface area contributed by atoms with Crippen molar-refractivity contribution in [2.45, 2.75) is 25.0 Å². The molecule has 0 spiro atoms. The van der Waals surface area contributed by atoms with Gasteiger partial charge in [0, 0.05) is 25.6 Å². The Morgan fingerprint density at radius 1 is 1.44 bits per heavy atom. The number of likely N-dealkylation sites (N-methyl/N-ethyl adjacent to an activating group) is 1. The zero-order valence-corrected chi connectivity index (χ0v) is 11.4. The summed E-state index contributed by atoms with van der Waals surface area (Å²) in [6.07, 6.45) is 1.31. The van der Waals surface area contributed by atoms with E-state index in [2.05, 4.69) is 5.32 Å². The first-order chi connectivity index (χ1) is 8.24. The Hall–Kier alpha value is -0.700. The Morgan fingerprint density at radius 2 is 2.06 bits per heavy atom. The van der Waals surface area contributed by atoms with Crippen LogP contribution in [-0.4, -0.2) is 67.4 Å². The lowest BCUT2D eigenvalue weighted by atomic mass is 10.1. The van der Waals surface area contributed by atoms with Gasteiger partial charge in [-0.1, -0.05) is 0 Å². The van der Waals surface area contributed by atoms with Crippen LogP contribution in [0.25, 0.3) is 0 Å². The minimum atomic E-state index is -3.37. The molecule has 1 amide bonds. The largest absolute Gasteiger partial charge is 0.396 e. The van der Waals surface area contributed by atoms with Crippen LogP contribution in [0.1, 0.15) is 12.8 Å². The molecule has 0 radical (unpaired) electrons. The highest BCUT2D eigenvalue weighted by Crippen LogP contribution is 2.25. The third kappa shape index (κ3) is 4.20. The van der Waals surface area contributed by atoms with Crippen molar-refractivity contribution in [1.29, 1.82) is 0 Å². The maximum atomic E-state index is 11.6. The lowest BCUT2D eigenvalue weighted by Gasteiger charge is -2.16. The highest BCUT2D eigenvalue weighted by molar-refractivity contribution is 7.88. The molecule has 18 heavy (non-hydrogen) atoms. The van der Waals surface area contributed by atoms with Crippen molar-refractivity contribution in [1.82, 2.24) is 9.62 Å². The summed E-state index contributed by atoms with van der Waals surface area (Å²) in [5.74, 6) is -0.623. The Labute approximate surface area is 107 Å². The first-order valence-corrected chi connectivity index (χ1v) is 7.58. The van der Waals surface area contributed by atoms with Crippen molar-refractivity contribution in [3.05, 3.63) is 0 Å². The Morgan fingerprint density at radius 3 is 2.50 bits per heavy atom. The predicted octanol–water partition coefficient (Wildman–Crippen LogP) is -1.87. The fourth-order valence-corrected chi connectivity index (χ4v) is 2.36. The van der Waals surface area contributed by atoms with E-state index >= 15 is 0 Å². The second-order valence-electron chi connectivity index (χ2n) is 4.76. The Bertz CT molecular complexity index is 397. The van der Waals surface area contributed by atoms with Gasteiger partial charge in [-0.25, -0.2) is 8.42 Å². The van der Waals surface area contributed by atoms with E-state index in [0.29, 0.717) is 12.8 Å². The van der Waals surface area contributed by atoms with Crippen molar-refractivity contribution in [2.24, 2.45) is 5.92 Å². The van der Waals surface area contributed by atoms with Crippen molar-refractivity contribution in [3.8, 4) is 0 Å². The van der Waals surface area contributed by atoms with Crippen LogP contribution in [0.3, 0.4) is 0 Å². The third-order valence-corrected chi connectivity index (χ3v) is 4.45. The molecule has 3 atom stereocenters. The van der Waals surface area contributed by atoms with Gasteiger partial charge in [0.15, 0.2) is 0 Å². The SMILES string of the molecule is CN(CC(=O)NC1CC(O)C(CO)C1)S(C)(=O)=O. The van der Waals surface area contributed by atoms with Gasteiger partial charge in [0.1, 0.15) is 0 Å². The van der Waals surface area contributed by atoms with E-state index in [9.17, 15) is 18.3 Å². The Kier molecular flexibility index (Phi) is 5.09. The fraction of sp³-hybridized carbons (Fsp3) is 0.900. The topological polar surface area (TPSA) is 107 Å². The minimum absolute atomic E-state index is 0.114. The van der Waals surface area contributed by atoms with Gasteiger partial charge >= 0.3 is 0 Å². The number of aliphatic hydroxyl groups excluding tert-OH is 2. The molecule has 3 unspecified atom stereocenters. The summed E-state index contributed by atoms with van der Waals surface area (Å²) in [6, 6.07) is -0.211. The predicted molar refractivity (Wildman–Crippen MR) is 65.2 cm³/mol. The van der Waals surface area contributed by atoms with E-state index in [0.717, 1.165) is 10.6 Å². The molecule has 3 N–H and O–H groups in total. The highest BCUT2D eigenvalue weighted by atomic mass is 32.2. The number of hydrogen-bond donors (Lipinski definition) is 3. The molecular formula is C10H20N2O5S. The molecule has 0 aromatic heterocycles. The van der Waals surface area contributed by atoms with Gasteiger partial charge in [-0.3, -0.25) is 4.79 Å². The first-order valence-electron chi connectivity index (χ1n) is 5.73. The smallest absolute Gasteiger partial charge is 0.235 e. The number of carbonyl (C=O) groups excluding carboxylic acids is 1. The third-order valence-electron chi connectivity index (χ3n) is 3.19. The lowest BCUT2D eigenvalue weighted by Crippen LogP contribution is -2.41. The molecule has 106 valence electrons. The number of carbonyl (C=O) groups is 1. The van der Waals surface area contributed by atoms with E-state index in [-0.39, 0.29) is 25.1 Å². The number of amides is 1. The molecule has 7 nitrogen and oxygen atoms in total. The summed E-state index contributed by atoms with van der Waals surface area (Å²) >= 11 is 0. The number of sulfonamides is 1. The van der Waals surface area contributed by atoms with Crippen LogP contribution in [0.15, 0.2) is 0 Å². The fourth-order valence-electron chi connectivity index (χ4n) is 2.01. The molecule has 1 rings (SSSR count). The zero-order valence-electron chi connectivity index (χ0n) is 10.5. The summed E-state index contributed by atoms with van der Waals surface area (Å²) < 4.78 is 23.2. The van der Waals surface area contributed by atoms with Gasteiger partial charge in [-0.15, -0.1) is 0 Å². The molecule has 0 heterocycles. The van der Waals surface area contributed by atoms with E-state index < -0.39 is 22.0 Å². The number of nitrogens with one attached hydrogen (secondary N) is 1. The van der Waals surface area contributed by atoms with Crippen LogP contribution in [0, 0.1) is 5.92 Å². The van der Waals surface area contributed by atoms with Crippen molar-refractivity contribution in [3.63, 3.8) is 0 Å². The summed E-state index contributed by atoms with van der Waals surface area (Å²) in [6.45, 7) is -0.355. The van der Waals surface area contributed by atoms with Crippen LogP contribution in [0.4, 0.5) is 0 Å². The number of aliphatic hydroxyl groups is 2. The molecule has 0 aromatic carbocycles. The van der Waals surface area contributed by atoms with E-state index in [1.807, 2.05) is 0 Å². The number of rotatable bonds is 5. The van der Waals surface area contributed by atoms with Crippen LogP contribution in [0.2, 0.25) is 0 Å². The zero-order chi connectivity index (χ0) is 13.9. The van der Waals surface area contributed by atoms with E-state index in [4.69, 9.17) is 5.11 Å². The Balaban J connectivity index is 2.43. The number of hydrogen-bond acceptors (Lipinski definition) is 5. The van der Waals surface area contributed by atoms with Crippen LogP contribution in [-0.2, 0) is 14.8 Å². The second kappa shape index (κ2) is 5.96. The average Bonchev–Trinajstić information content (AvgIpc) is 2.56. The molecule has 8 heteroatoms. The van der Waals surface area contributed by atoms with Gasteiger partial charge in [-0.2, -0.15) is 4.31 Å². The average molecular weight is 280 g/mol. The van der Waals surface area contributed by atoms with Gasteiger partial charge in [0.05, 0.1) is 18.9 Å². The standard InChI is InChI=1S/C10H20N2O5S/c1-12(18(2,16)17)5-10(15)11-8-3-7(6-13)9(14)4-8/h7-9,13-14H,3-6H2,1-2H3,(H,11,15). The molecule has 1 aliphatic rings. The normalized spacial score (nSPS) is 28.6. The maximum absolute atomic E-state index is 11.6. The van der Waals surface area contributed by atoms with Gasteiger partial charge in [0.25, 0.3) is 0 Å². The molecule has 0 saturated heterocycles. The summed E-state index contributed by atoms with van der Waals surface area (Å²) in [4.78, 5) is 11.6. The van der Waals surface area contributed by atoms with Gasteiger partial charge < -0.3 is 15.5 Å². The van der Waals surface area contributed by atoms with Crippen molar-refractivity contribution < 1.29 is 23.4 Å². The molecule has 0 aromatic rings. The highest BCUT2D eigenvalue weighted by Gasteiger charge is 2.33. The summed E-state index contributed by atoms with van der Waals surface area (Å²) in [5.41, 5.74) is 0. The lowest BCUT2D eigenvalue weighted by molar-refractivity contribution is -0.121. The summed E-state index contributed by atoms with van der Waals surface area (Å²) in [5, 5.41) is 21.2.